The zero-order valence-electron chi connectivity index (χ0n) is 12.6. The Kier molecular flexibility index (Phi) is 7.52. The maximum absolute atomic E-state index is 6.20. The topological polar surface area (TPSA) is 18.5 Å². The van der Waals surface area contributed by atoms with Gasteiger partial charge in [0.2, 0.25) is 0 Å². The molecule has 21 heavy (non-hydrogen) atoms. The minimum Gasteiger partial charge on any atom is -0.529 e. The normalized spacial score (nSPS) is 21.2. The average molecular weight is 400 g/mol. The van der Waals surface area contributed by atoms with Gasteiger partial charge < -0.3 is 9.47 Å². The molecule has 1 aliphatic rings. The van der Waals surface area contributed by atoms with E-state index >= 15 is 0 Å². The third-order valence-corrected chi connectivity index (χ3v) is 3.52. The molecule has 2 aromatic rings. The summed E-state index contributed by atoms with van der Waals surface area (Å²) in [4.78, 5) is 0. The molecule has 1 unspecified atom stereocenters. The fraction of sp³-hybridized carbons (Fsp3) is 0.278. The molecule has 0 radical (unpaired) electrons. The van der Waals surface area contributed by atoms with E-state index in [-0.39, 0.29) is 81.3 Å². The Morgan fingerprint density at radius 3 is 1.95 bits per heavy atom. The van der Waals surface area contributed by atoms with Crippen LogP contribution in [0.3, 0.4) is 0 Å². The van der Waals surface area contributed by atoms with E-state index in [2.05, 4.69) is 31.2 Å². The van der Waals surface area contributed by atoms with E-state index in [4.69, 9.17) is 9.47 Å². The maximum Gasteiger partial charge on any atom is 1.00 e. The van der Waals surface area contributed by atoms with Crippen molar-refractivity contribution in [1.29, 1.82) is 0 Å². The number of rotatable bonds is 4. The summed E-state index contributed by atoms with van der Waals surface area (Å²) < 4.78 is 11.8. The van der Waals surface area contributed by atoms with Crippen molar-refractivity contribution in [3.05, 3.63) is 78.4 Å². The van der Waals surface area contributed by atoms with Gasteiger partial charge in [-0.05, 0) is 17.5 Å². The average Bonchev–Trinajstić information content (AvgIpc) is 2.92. The molecule has 1 heterocycles. The molecular formula is C18H19CsO2. The Bertz CT molecular complexity index is 490. The van der Waals surface area contributed by atoms with Crippen LogP contribution in [0.2, 0.25) is 0 Å². The van der Waals surface area contributed by atoms with Gasteiger partial charge in [0.25, 0.3) is 0 Å². The minimum atomic E-state index is -0.157. The van der Waals surface area contributed by atoms with Crippen LogP contribution in [0.5, 0.6) is 0 Å². The van der Waals surface area contributed by atoms with Gasteiger partial charge in [0.15, 0.2) is 0 Å². The third kappa shape index (κ3) is 4.94. The second-order valence-corrected chi connectivity index (χ2v) is 5.25. The van der Waals surface area contributed by atoms with Crippen molar-refractivity contribution >= 4 is 0 Å². The van der Waals surface area contributed by atoms with Gasteiger partial charge in [0.1, 0.15) is 12.4 Å². The SMILES string of the molecule is C[C@H]1[CH-]OC(OC(c2ccccc2)c2ccccc2)C1.[Cs+]. The molecule has 0 aromatic heterocycles. The van der Waals surface area contributed by atoms with Crippen LogP contribution in [-0.2, 0) is 9.47 Å². The number of benzene rings is 2. The molecule has 0 saturated carbocycles. The Labute approximate surface area is 185 Å². The molecule has 1 fully saturated rings. The molecular weight excluding hydrogens is 381 g/mol. The molecule has 0 bridgehead atoms. The van der Waals surface area contributed by atoms with Gasteiger partial charge in [-0.3, -0.25) is 0 Å². The van der Waals surface area contributed by atoms with Gasteiger partial charge in [0.05, 0.1) is 0 Å². The molecule has 3 rings (SSSR count). The van der Waals surface area contributed by atoms with Crippen LogP contribution in [0.25, 0.3) is 0 Å². The molecule has 1 aliphatic heterocycles. The molecule has 0 aliphatic carbocycles. The molecule has 104 valence electrons. The standard InChI is InChI=1S/C18H19O2.Cs/c1-14-12-17(19-13-14)20-18(15-8-4-2-5-9-15)16-10-6-3-7-11-16;/h2-11,13-14,17-18H,12H2,1H3;/q-1;+1/t14-,17?;/m1./s1. The maximum atomic E-state index is 6.20. The first-order valence-corrected chi connectivity index (χ1v) is 7.07. The van der Waals surface area contributed by atoms with E-state index in [1.165, 1.54) is 0 Å². The summed E-state index contributed by atoms with van der Waals surface area (Å²) in [7, 11) is 0. The van der Waals surface area contributed by atoms with Crippen LogP contribution in [0.4, 0.5) is 0 Å². The van der Waals surface area contributed by atoms with E-state index in [0.717, 1.165) is 17.5 Å². The molecule has 2 atom stereocenters. The first-order valence-electron chi connectivity index (χ1n) is 7.07. The quantitative estimate of drug-likeness (QED) is 0.722. The summed E-state index contributed by atoms with van der Waals surface area (Å²) >= 11 is 0. The Balaban J connectivity index is 0.00000161. The Hall–Kier alpha value is 0.412. The van der Waals surface area contributed by atoms with Gasteiger partial charge in [-0.2, -0.15) is 0 Å². The largest absolute Gasteiger partial charge is 1.00 e. The summed E-state index contributed by atoms with van der Waals surface area (Å²) in [5, 5.41) is 0. The van der Waals surface area contributed by atoms with Crippen LogP contribution < -0.4 is 68.9 Å². The summed E-state index contributed by atoms with van der Waals surface area (Å²) in [6.45, 7) is 4.01. The summed E-state index contributed by atoms with van der Waals surface area (Å²) in [5.41, 5.74) is 2.31. The van der Waals surface area contributed by atoms with Gasteiger partial charge in [-0.15, -0.1) is 5.92 Å². The summed E-state index contributed by atoms with van der Waals surface area (Å²) in [6, 6.07) is 20.6. The predicted molar refractivity (Wildman–Crippen MR) is 78.8 cm³/mol. The van der Waals surface area contributed by atoms with Crippen molar-refractivity contribution in [3.63, 3.8) is 0 Å². The predicted octanol–water partition coefficient (Wildman–Crippen LogP) is 1.34. The van der Waals surface area contributed by atoms with Crippen molar-refractivity contribution in [1.82, 2.24) is 0 Å². The van der Waals surface area contributed by atoms with Crippen LogP contribution >= 0.6 is 0 Å². The van der Waals surface area contributed by atoms with Crippen molar-refractivity contribution < 1.29 is 78.4 Å². The fourth-order valence-corrected chi connectivity index (χ4v) is 2.48. The molecule has 0 spiro atoms. The molecule has 0 amide bonds. The third-order valence-electron chi connectivity index (χ3n) is 3.52. The Morgan fingerprint density at radius 2 is 1.52 bits per heavy atom. The van der Waals surface area contributed by atoms with Gasteiger partial charge in [-0.25, -0.2) is 6.61 Å². The van der Waals surface area contributed by atoms with E-state index < -0.39 is 0 Å². The first-order chi connectivity index (χ1) is 9.83. The smallest absolute Gasteiger partial charge is 0.529 e. The fourth-order valence-electron chi connectivity index (χ4n) is 2.48. The van der Waals surface area contributed by atoms with Crippen LogP contribution in [0, 0.1) is 12.5 Å². The molecule has 0 N–H and O–H groups in total. The molecule has 3 heteroatoms. The minimum absolute atomic E-state index is 0. The van der Waals surface area contributed by atoms with Crippen LogP contribution in [0.15, 0.2) is 60.7 Å². The van der Waals surface area contributed by atoms with E-state index in [1.54, 1.807) is 0 Å². The first kappa shape index (κ1) is 17.8. The monoisotopic (exact) mass is 400 g/mol. The summed E-state index contributed by atoms with van der Waals surface area (Å²) in [6.07, 6.45) is 0.674. The summed E-state index contributed by atoms with van der Waals surface area (Å²) in [5.74, 6) is 0.451. The van der Waals surface area contributed by atoms with Crippen molar-refractivity contribution in [2.75, 3.05) is 0 Å². The van der Waals surface area contributed by atoms with E-state index in [0.29, 0.717) is 5.92 Å². The van der Waals surface area contributed by atoms with Gasteiger partial charge in [-0.1, -0.05) is 67.6 Å². The van der Waals surface area contributed by atoms with Crippen LogP contribution in [-0.4, -0.2) is 6.29 Å². The number of ether oxygens (including phenoxy) is 2. The van der Waals surface area contributed by atoms with Gasteiger partial charge in [0, 0.05) is 0 Å². The van der Waals surface area contributed by atoms with E-state index in [9.17, 15) is 0 Å². The zero-order valence-corrected chi connectivity index (χ0v) is 18.9. The second kappa shape index (κ2) is 8.89. The Morgan fingerprint density at radius 1 is 1.00 bits per heavy atom. The molecule has 1 saturated heterocycles. The number of hydrogen-bond donors (Lipinski definition) is 0. The van der Waals surface area contributed by atoms with Crippen molar-refractivity contribution in [2.45, 2.75) is 25.7 Å². The van der Waals surface area contributed by atoms with Gasteiger partial charge >= 0.3 is 68.9 Å². The van der Waals surface area contributed by atoms with E-state index in [1.807, 2.05) is 43.0 Å². The van der Waals surface area contributed by atoms with Crippen molar-refractivity contribution in [2.24, 2.45) is 5.92 Å². The number of hydrogen-bond acceptors (Lipinski definition) is 2. The molecule has 2 nitrogen and oxygen atoms in total. The van der Waals surface area contributed by atoms with Crippen molar-refractivity contribution in [3.8, 4) is 0 Å². The molecule has 2 aromatic carbocycles. The van der Waals surface area contributed by atoms with Crippen LogP contribution in [0.1, 0.15) is 30.6 Å². The second-order valence-electron chi connectivity index (χ2n) is 5.25. The zero-order chi connectivity index (χ0) is 13.8.